The lowest BCUT2D eigenvalue weighted by Gasteiger charge is -2.24. The van der Waals surface area contributed by atoms with Crippen molar-refractivity contribution in [3.63, 3.8) is 0 Å². The van der Waals surface area contributed by atoms with Gasteiger partial charge in [-0.25, -0.2) is 0 Å². The smallest absolute Gasteiger partial charge is 0.0614 e. The Morgan fingerprint density at radius 1 is 0.800 bits per heavy atom. The zero-order valence-corrected chi connectivity index (χ0v) is 8.37. The van der Waals surface area contributed by atoms with Crippen molar-refractivity contribution >= 4 is 11.4 Å². The van der Waals surface area contributed by atoms with Crippen LogP contribution in [0.4, 0.5) is 0 Å². The van der Waals surface area contributed by atoms with Gasteiger partial charge in [0.15, 0.2) is 0 Å². The third-order valence-corrected chi connectivity index (χ3v) is 5.42. The van der Waals surface area contributed by atoms with Gasteiger partial charge in [-0.1, -0.05) is 10.3 Å². The number of fused-ring (bicyclic) bond motifs is 2. The molecule has 4 nitrogen and oxygen atoms in total. The Bertz CT molecular complexity index is 350. The topological polar surface area (TPSA) is 65.2 Å². The molecule has 0 aromatic heterocycles. The lowest BCUT2D eigenvalue weighted by atomic mass is 9.79. The molecule has 0 aliphatic heterocycles. The van der Waals surface area contributed by atoms with Gasteiger partial charge in [-0.2, -0.15) is 0 Å². The second-order valence-corrected chi connectivity index (χ2v) is 5.53. The first-order valence-electron chi connectivity index (χ1n) is 5.76. The molecule has 0 radical (unpaired) electrons. The van der Waals surface area contributed by atoms with Crippen LogP contribution in [0.3, 0.4) is 0 Å². The standard InChI is InChI=1S/C11H14N2O2/c14-12-8-2-4-5-3-9(13-15)11-7(5)1-6(4)10(8)11/h4-7,10-11,14-15H,1-3H2/b12-8+,13-9+/t4-,5+,6-,7+,10-,11-/m1/s1. The van der Waals surface area contributed by atoms with E-state index in [4.69, 9.17) is 10.4 Å². The Balaban J connectivity index is 1.87. The predicted octanol–water partition coefficient (Wildman–Crippen LogP) is 1.57. The molecule has 80 valence electrons. The largest absolute Gasteiger partial charge is 0.411 e. The van der Waals surface area contributed by atoms with Crippen molar-refractivity contribution in [3.05, 3.63) is 0 Å². The number of rotatable bonds is 0. The van der Waals surface area contributed by atoms with Crippen LogP contribution in [-0.2, 0) is 0 Å². The van der Waals surface area contributed by atoms with Gasteiger partial charge in [-0.15, -0.1) is 0 Å². The minimum atomic E-state index is 0.398. The summed E-state index contributed by atoms with van der Waals surface area (Å²) < 4.78 is 0. The average Bonchev–Trinajstić information content (AvgIpc) is 2.83. The summed E-state index contributed by atoms with van der Waals surface area (Å²) in [5.41, 5.74) is 1.95. The molecular formula is C11H14N2O2. The van der Waals surface area contributed by atoms with Gasteiger partial charge in [0.05, 0.1) is 11.4 Å². The van der Waals surface area contributed by atoms with Crippen LogP contribution in [0.25, 0.3) is 0 Å². The van der Waals surface area contributed by atoms with Crippen molar-refractivity contribution < 1.29 is 10.4 Å². The molecule has 0 spiro atoms. The molecule has 0 heterocycles. The second kappa shape index (κ2) is 2.36. The van der Waals surface area contributed by atoms with Gasteiger partial charge in [0.25, 0.3) is 0 Å². The first-order valence-corrected chi connectivity index (χ1v) is 5.76. The normalized spacial score (nSPS) is 60.0. The minimum absolute atomic E-state index is 0.398. The van der Waals surface area contributed by atoms with Crippen molar-refractivity contribution in [3.8, 4) is 0 Å². The molecule has 4 aliphatic rings. The fourth-order valence-electron chi connectivity index (χ4n) is 5.14. The van der Waals surface area contributed by atoms with Crippen LogP contribution in [-0.4, -0.2) is 21.8 Å². The van der Waals surface area contributed by atoms with Crippen LogP contribution in [0.1, 0.15) is 19.3 Å². The van der Waals surface area contributed by atoms with Crippen LogP contribution in [0.5, 0.6) is 0 Å². The van der Waals surface area contributed by atoms with Gasteiger partial charge in [-0.3, -0.25) is 0 Å². The fourth-order valence-corrected chi connectivity index (χ4v) is 5.14. The molecule has 15 heavy (non-hydrogen) atoms. The SMILES string of the molecule is O/N=C1\C[C@@H]2[C@@H]3C/C(=N\O)[C@H]4[C@H]3C[C@H]2[C@H]14. The molecule has 0 amide bonds. The molecule has 4 aliphatic carbocycles. The van der Waals surface area contributed by atoms with Gasteiger partial charge in [0.2, 0.25) is 0 Å². The second-order valence-electron chi connectivity index (χ2n) is 5.53. The zero-order valence-electron chi connectivity index (χ0n) is 8.37. The first kappa shape index (κ1) is 8.13. The summed E-state index contributed by atoms with van der Waals surface area (Å²) in [6.07, 6.45) is 3.24. The Morgan fingerprint density at radius 3 is 1.67 bits per heavy atom. The highest BCUT2D eigenvalue weighted by Crippen LogP contribution is 2.68. The van der Waals surface area contributed by atoms with Crippen molar-refractivity contribution in [1.29, 1.82) is 0 Å². The Morgan fingerprint density at radius 2 is 1.27 bits per heavy atom. The van der Waals surface area contributed by atoms with Crippen LogP contribution in [0.2, 0.25) is 0 Å². The molecule has 2 bridgehead atoms. The maximum atomic E-state index is 9.02. The molecule has 6 atom stereocenters. The quantitative estimate of drug-likeness (QED) is 0.466. The van der Waals surface area contributed by atoms with Crippen molar-refractivity contribution in [2.24, 2.45) is 45.8 Å². The lowest BCUT2D eigenvalue weighted by Crippen LogP contribution is -2.26. The van der Waals surface area contributed by atoms with E-state index in [0.29, 0.717) is 23.7 Å². The Hall–Kier alpha value is -1.06. The summed E-state index contributed by atoms with van der Waals surface area (Å²) in [7, 11) is 0. The van der Waals surface area contributed by atoms with Gasteiger partial charge in [0, 0.05) is 11.8 Å². The summed E-state index contributed by atoms with van der Waals surface area (Å²) in [4.78, 5) is 0. The van der Waals surface area contributed by atoms with Gasteiger partial charge in [0.1, 0.15) is 0 Å². The predicted molar refractivity (Wildman–Crippen MR) is 53.2 cm³/mol. The fraction of sp³-hybridized carbons (Fsp3) is 0.818. The van der Waals surface area contributed by atoms with E-state index >= 15 is 0 Å². The Kier molecular flexibility index (Phi) is 1.28. The number of hydrogen-bond acceptors (Lipinski definition) is 4. The highest BCUT2D eigenvalue weighted by atomic mass is 16.4. The van der Waals surface area contributed by atoms with E-state index < -0.39 is 0 Å². The monoisotopic (exact) mass is 206 g/mol. The van der Waals surface area contributed by atoms with Crippen molar-refractivity contribution in [2.45, 2.75) is 19.3 Å². The third-order valence-electron chi connectivity index (χ3n) is 5.42. The van der Waals surface area contributed by atoms with Gasteiger partial charge < -0.3 is 10.4 Å². The zero-order chi connectivity index (χ0) is 10.2. The molecule has 4 fully saturated rings. The molecule has 4 heteroatoms. The molecule has 4 saturated carbocycles. The number of hydrogen-bond donors (Lipinski definition) is 2. The van der Waals surface area contributed by atoms with Gasteiger partial charge >= 0.3 is 0 Å². The molecule has 0 saturated heterocycles. The maximum Gasteiger partial charge on any atom is 0.0614 e. The molecule has 0 unspecified atom stereocenters. The van der Waals surface area contributed by atoms with Crippen molar-refractivity contribution in [2.75, 3.05) is 0 Å². The highest BCUT2D eigenvalue weighted by Gasteiger charge is 2.67. The highest BCUT2D eigenvalue weighted by molar-refractivity contribution is 6.00. The average molecular weight is 206 g/mol. The van der Waals surface area contributed by atoms with Crippen molar-refractivity contribution in [1.82, 2.24) is 0 Å². The minimum Gasteiger partial charge on any atom is -0.411 e. The summed E-state index contributed by atoms with van der Waals surface area (Å²) in [5, 5.41) is 25.0. The summed E-state index contributed by atoms with van der Waals surface area (Å²) in [6, 6.07) is 0. The van der Waals surface area contributed by atoms with Gasteiger partial charge in [-0.05, 0) is 42.9 Å². The molecule has 0 aromatic rings. The van der Waals surface area contributed by atoms with E-state index in [1.54, 1.807) is 0 Å². The Labute approximate surface area is 87.7 Å². The molecule has 2 N–H and O–H groups in total. The first-order chi connectivity index (χ1) is 7.35. The lowest BCUT2D eigenvalue weighted by molar-refractivity contribution is 0.240. The molecule has 0 aromatic carbocycles. The third kappa shape index (κ3) is 0.703. The van der Waals surface area contributed by atoms with Crippen LogP contribution < -0.4 is 0 Å². The van der Waals surface area contributed by atoms with E-state index in [1.165, 1.54) is 6.42 Å². The van der Waals surface area contributed by atoms with E-state index in [9.17, 15) is 0 Å². The van der Waals surface area contributed by atoms with Crippen LogP contribution >= 0.6 is 0 Å². The summed E-state index contributed by atoms with van der Waals surface area (Å²) in [5.74, 6) is 3.65. The van der Waals surface area contributed by atoms with E-state index in [-0.39, 0.29) is 0 Å². The van der Waals surface area contributed by atoms with E-state index in [1.807, 2.05) is 0 Å². The molecular weight excluding hydrogens is 192 g/mol. The number of oxime groups is 2. The van der Waals surface area contributed by atoms with E-state index in [0.717, 1.165) is 36.1 Å². The summed E-state index contributed by atoms with van der Waals surface area (Å²) >= 11 is 0. The molecule has 4 rings (SSSR count). The maximum absolute atomic E-state index is 9.02. The van der Waals surface area contributed by atoms with E-state index in [2.05, 4.69) is 10.3 Å². The van der Waals surface area contributed by atoms with Crippen LogP contribution in [0.15, 0.2) is 10.3 Å². The van der Waals surface area contributed by atoms with Crippen LogP contribution in [0, 0.1) is 35.5 Å². The summed E-state index contributed by atoms with van der Waals surface area (Å²) in [6.45, 7) is 0. The number of nitrogens with zero attached hydrogens (tertiary/aromatic N) is 2.